The van der Waals surface area contributed by atoms with Crippen molar-refractivity contribution in [1.29, 1.82) is 0 Å². The average Bonchev–Trinajstić information content (AvgIpc) is 2.95. The van der Waals surface area contributed by atoms with Gasteiger partial charge in [0.25, 0.3) is 0 Å². The molecule has 1 unspecified atom stereocenters. The third kappa shape index (κ3) is 4.35. The second-order valence-electron chi connectivity index (χ2n) is 4.71. The Morgan fingerprint density at radius 1 is 1.30 bits per heavy atom. The van der Waals surface area contributed by atoms with E-state index in [4.69, 9.17) is 15.0 Å². The smallest absolute Gasteiger partial charge is 0.243 e. The first kappa shape index (κ1) is 14.5. The molecule has 0 saturated heterocycles. The van der Waals surface area contributed by atoms with Crippen LogP contribution in [-0.2, 0) is 6.42 Å². The highest BCUT2D eigenvalue weighted by atomic mass is 16.5. The number of benzene rings is 1. The molecular formula is C15H21N3O2. The van der Waals surface area contributed by atoms with Gasteiger partial charge in [-0.3, -0.25) is 0 Å². The zero-order valence-corrected chi connectivity index (χ0v) is 11.8. The van der Waals surface area contributed by atoms with Crippen LogP contribution in [0.5, 0.6) is 5.75 Å². The van der Waals surface area contributed by atoms with Gasteiger partial charge in [-0.15, -0.1) is 0 Å². The number of hydrogen-bond donors (Lipinski definition) is 1. The number of unbranched alkanes of at least 4 members (excludes halogenated alkanes) is 1. The number of para-hydroxylation sites is 1. The van der Waals surface area contributed by atoms with E-state index in [1.54, 1.807) is 0 Å². The molecule has 108 valence electrons. The fraction of sp³-hybridized carbons (Fsp3) is 0.467. The molecule has 2 N–H and O–H groups in total. The summed E-state index contributed by atoms with van der Waals surface area (Å²) in [6.45, 7) is 2.65. The number of aromatic nitrogens is 2. The fourth-order valence-corrected chi connectivity index (χ4v) is 1.84. The molecule has 1 heterocycles. The van der Waals surface area contributed by atoms with Crippen LogP contribution >= 0.6 is 0 Å². The van der Waals surface area contributed by atoms with E-state index >= 15 is 0 Å². The second-order valence-corrected chi connectivity index (χ2v) is 4.71. The van der Waals surface area contributed by atoms with Crippen molar-refractivity contribution in [3.05, 3.63) is 42.0 Å². The van der Waals surface area contributed by atoms with Crippen LogP contribution in [0.4, 0.5) is 0 Å². The molecule has 0 spiro atoms. The SMILES string of the molecule is CCCCC(N)c1nc(CCOc2ccccc2)no1. The van der Waals surface area contributed by atoms with Crippen LogP contribution in [0.3, 0.4) is 0 Å². The van der Waals surface area contributed by atoms with Gasteiger partial charge in [0.05, 0.1) is 12.6 Å². The summed E-state index contributed by atoms with van der Waals surface area (Å²) in [5.41, 5.74) is 5.99. The number of nitrogens with two attached hydrogens (primary N) is 1. The van der Waals surface area contributed by atoms with Crippen LogP contribution in [0, 0.1) is 0 Å². The first-order chi connectivity index (χ1) is 9.79. The molecule has 0 saturated carbocycles. The molecule has 2 aromatic rings. The predicted molar refractivity (Wildman–Crippen MR) is 76.4 cm³/mol. The quantitative estimate of drug-likeness (QED) is 0.801. The molecule has 0 amide bonds. The Morgan fingerprint density at radius 3 is 2.85 bits per heavy atom. The summed E-state index contributed by atoms with van der Waals surface area (Å²) in [5.74, 6) is 2.01. The van der Waals surface area contributed by atoms with Gasteiger partial charge in [0, 0.05) is 6.42 Å². The van der Waals surface area contributed by atoms with E-state index in [0.29, 0.717) is 24.7 Å². The lowest BCUT2D eigenvalue weighted by Gasteiger charge is -2.04. The van der Waals surface area contributed by atoms with Gasteiger partial charge in [-0.25, -0.2) is 0 Å². The molecule has 5 heteroatoms. The van der Waals surface area contributed by atoms with Crippen molar-refractivity contribution in [2.24, 2.45) is 5.73 Å². The Kier molecular flexibility index (Phi) is 5.55. The van der Waals surface area contributed by atoms with Gasteiger partial charge in [0.2, 0.25) is 5.89 Å². The molecule has 0 aliphatic carbocycles. The fourth-order valence-electron chi connectivity index (χ4n) is 1.84. The van der Waals surface area contributed by atoms with E-state index in [0.717, 1.165) is 25.0 Å². The van der Waals surface area contributed by atoms with E-state index in [-0.39, 0.29) is 6.04 Å². The third-order valence-corrected chi connectivity index (χ3v) is 3.01. The van der Waals surface area contributed by atoms with Gasteiger partial charge < -0.3 is 15.0 Å². The normalized spacial score (nSPS) is 12.3. The molecule has 5 nitrogen and oxygen atoms in total. The van der Waals surface area contributed by atoms with Crippen molar-refractivity contribution in [3.63, 3.8) is 0 Å². The highest BCUT2D eigenvalue weighted by molar-refractivity contribution is 5.20. The maximum Gasteiger partial charge on any atom is 0.243 e. The van der Waals surface area contributed by atoms with E-state index in [1.165, 1.54) is 0 Å². The summed E-state index contributed by atoms with van der Waals surface area (Å²) in [7, 11) is 0. The van der Waals surface area contributed by atoms with Crippen molar-refractivity contribution in [3.8, 4) is 5.75 Å². The largest absolute Gasteiger partial charge is 0.493 e. The number of nitrogens with zero attached hydrogens (tertiary/aromatic N) is 2. The minimum atomic E-state index is -0.161. The van der Waals surface area contributed by atoms with Crippen LogP contribution in [0.1, 0.15) is 43.9 Å². The molecule has 20 heavy (non-hydrogen) atoms. The number of rotatable bonds is 8. The zero-order chi connectivity index (χ0) is 14.2. The van der Waals surface area contributed by atoms with Crippen molar-refractivity contribution < 1.29 is 9.26 Å². The van der Waals surface area contributed by atoms with Crippen LogP contribution in [0.15, 0.2) is 34.9 Å². The Labute approximate surface area is 119 Å². The Morgan fingerprint density at radius 2 is 2.10 bits per heavy atom. The van der Waals surface area contributed by atoms with Gasteiger partial charge in [-0.05, 0) is 18.6 Å². The lowest BCUT2D eigenvalue weighted by Crippen LogP contribution is -2.10. The van der Waals surface area contributed by atoms with E-state index in [9.17, 15) is 0 Å². The molecule has 0 aliphatic heterocycles. The highest BCUT2D eigenvalue weighted by Crippen LogP contribution is 2.15. The van der Waals surface area contributed by atoms with E-state index in [2.05, 4.69) is 17.1 Å². The van der Waals surface area contributed by atoms with Crippen molar-refractivity contribution >= 4 is 0 Å². The maximum absolute atomic E-state index is 5.99. The minimum absolute atomic E-state index is 0.161. The summed E-state index contributed by atoms with van der Waals surface area (Å²) in [6, 6.07) is 9.51. The first-order valence-corrected chi connectivity index (χ1v) is 7.05. The van der Waals surface area contributed by atoms with Gasteiger partial charge in [0.1, 0.15) is 5.75 Å². The summed E-state index contributed by atoms with van der Waals surface area (Å²) in [5, 5.41) is 3.93. The first-order valence-electron chi connectivity index (χ1n) is 7.05. The Bertz CT molecular complexity index is 499. The Hall–Kier alpha value is -1.88. The van der Waals surface area contributed by atoms with E-state index in [1.807, 2.05) is 30.3 Å². The topological polar surface area (TPSA) is 74.2 Å². The predicted octanol–water partition coefficient (Wildman–Crippen LogP) is 2.88. The highest BCUT2D eigenvalue weighted by Gasteiger charge is 2.14. The molecule has 1 aromatic carbocycles. The monoisotopic (exact) mass is 275 g/mol. The van der Waals surface area contributed by atoms with Crippen molar-refractivity contribution in [2.75, 3.05) is 6.61 Å². The van der Waals surface area contributed by atoms with Crippen LogP contribution in [0.2, 0.25) is 0 Å². The minimum Gasteiger partial charge on any atom is -0.493 e. The second kappa shape index (κ2) is 7.65. The molecule has 1 atom stereocenters. The Balaban J connectivity index is 1.78. The molecule has 0 aliphatic rings. The lowest BCUT2D eigenvalue weighted by molar-refractivity contribution is 0.311. The molecule has 0 bridgehead atoms. The lowest BCUT2D eigenvalue weighted by atomic mass is 10.1. The molecule has 0 fully saturated rings. The third-order valence-electron chi connectivity index (χ3n) is 3.01. The van der Waals surface area contributed by atoms with Crippen molar-refractivity contribution in [2.45, 2.75) is 38.6 Å². The molecule has 1 aromatic heterocycles. The number of ether oxygens (including phenoxy) is 1. The van der Waals surface area contributed by atoms with E-state index < -0.39 is 0 Å². The summed E-state index contributed by atoms with van der Waals surface area (Å²) < 4.78 is 10.8. The standard InChI is InChI=1S/C15H21N3O2/c1-2-3-9-13(16)15-17-14(18-20-15)10-11-19-12-7-5-4-6-8-12/h4-8,13H,2-3,9-11,16H2,1H3. The summed E-state index contributed by atoms with van der Waals surface area (Å²) in [6.07, 6.45) is 3.66. The van der Waals surface area contributed by atoms with Gasteiger partial charge in [-0.2, -0.15) is 4.98 Å². The van der Waals surface area contributed by atoms with Crippen LogP contribution in [0.25, 0.3) is 0 Å². The van der Waals surface area contributed by atoms with Crippen LogP contribution < -0.4 is 10.5 Å². The molecule has 0 radical (unpaired) electrons. The van der Waals surface area contributed by atoms with Gasteiger partial charge in [0.15, 0.2) is 5.82 Å². The maximum atomic E-state index is 5.99. The van der Waals surface area contributed by atoms with Crippen molar-refractivity contribution in [1.82, 2.24) is 10.1 Å². The van der Waals surface area contributed by atoms with Gasteiger partial charge >= 0.3 is 0 Å². The zero-order valence-electron chi connectivity index (χ0n) is 11.8. The average molecular weight is 275 g/mol. The van der Waals surface area contributed by atoms with Crippen LogP contribution in [-0.4, -0.2) is 16.7 Å². The summed E-state index contributed by atoms with van der Waals surface area (Å²) >= 11 is 0. The molecular weight excluding hydrogens is 254 g/mol. The van der Waals surface area contributed by atoms with Gasteiger partial charge in [-0.1, -0.05) is 43.1 Å². The molecule has 2 rings (SSSR count). The number of hydrogen-bond acceptors (Lipinski definition) is 5. The summed E-state index contributed by atoms with van der Waals surface area (Å²) in [4.78, 5) is 4.31.